The molecule has 0 aliphatic carbocycles. The zero-order valence-corrected chi connectivity index (χ0v) is 14.0. The number of likely N-dealkylation sites (tertiary alicyclic amines) is 1. The predicted octanol–water partition coefficient (Wildman–Crippen LogP) is 0.798. The van der Waals surface area contributed by atoms with Crippen molar-refractivity contribution in [3.63, 3.8) is 0 Å². The van der Waals surface area contributed by atoms with Gasteiger partial charge >= 0.3 is 5.97 Å². The van der Waals surface area contributed by atoms with Crippen LogP contribution in [0.3, 0.4) is 0 Å². The summed E-state index contributed by atoms with van der Waals surface area (Å²) >= 11 is 0. The molecule has 0 radical (unpaired) electrons. The molecule has 1 aromatic rings. The highest BCUT2D eigenvalue weighted by atomic mass is 16.5. The van der Waals surface area contributed by atoms with Gasteiger partial charge in [0.15, 0.2) is 5.69 Å². The van der Waals surface area contributed by atoms with E-state index in [0.29, 0.717) is 49.7 Å². The first kappa shape index (κ1) is 16.9. The molecule has 2 aliphatic heterocycles. The highest BCUT2D eigenvalue weighted by molar-refractivity contribution is 5.93. The number of nitrogens with one attached hydrogen (secondary N) is 1. The Hall–Kier alpha value is -1.93. The Morgan fingerprint density at radius 1 is 1.46 bits per heavy atom. The number of aromatic nitrogens is 1. The summed E-state index contributed by atoms with van der Waals surface area (Å²) in [7, 11) is 1.57. The molecule has 0 aromatic carbocycles. The molecular formula is C16H23N3O5. The van der Waals surface area contributed by atoms with Crippen LogP contribution >= 0.6 is 0 Å². The van der Waals surface area contributed by atoms with E-state index in [1.54, 1.807) is 18.9 Å². The van der Waals surface area contributed by atoms with Crippen LogP contribution in [0.25, 0.3) is 0 Å². The van der Waals surface area contributed by atoms with Crippen molar-refractivity contribution in [2.24, 2.45) is 5.41 Å². The van der Waals surface area contributed by atoms with E-state index in [4.69, 9.17) is 14.4 Å². The van der Waals surface area contributed by atoms with E-state index in [1.807, 2.05) is 0 Å². The lowest BCUT2D eigenvalue weighted by Crippen LogP contribution is -2.44. The van der Waals surface area contributed by atoms with Crippen molar-refractivity contribution in [1.29, 1.82) is 0 Å². The van der Waals surface area contributed by atoms with Gasteiger partial charge in [0.2, 0.25) is 0 Å². The molecule has 8 heteroatoms. The third-order valence-corrected chi connectivity index (χ3v) is 5.25. The standard InChI is InChI=1S/C16H23N3O5/c1-10-11(8-23-2)13(18-24-10)14(20)19-5-3-16(4-6-19)7-12(15(21)22)17-9-16/h12,17H,3-9H2,1-2H3,(H,21,22). The van der Waals surface area contributed by atoms with E-state index in [9.17, 15) is 9.59 Å². The van der Waals surface area contributed by atoms with Gasteiger partial charge in [0.05, 0.1) is 12.2 Å². The summed E-state index contributed by atoms with van der Waals surface area (Å²) in [6.07, 6.45) is 2.22. The lowest BCUT2D eigenvalue weighted by atomic mass is 9.76. The van der Waals surface area contributed by atoms with Crippen LogP contribution in [0.5, 0.6) is 0 Å². The molecule has 1 spiro atoms. The topological polar surface area (TPSA) is 105 Å². The van der Waals surface area contributed by atoms with Gasteiger partial charge in [-0.05, 0) is 31.6 Å². The average molecular weight is 337 g/mol. The Morgan fingerprint density at radius 2 is 2.17 bits per heavy atom. The molecule has 1 aromatic heterocycles. The highest BCUT2D eigenvalue weighted by Crippen LogP contribution is 2.39. The van der Waals surface area contributed by atoms with Crippen molar-refractivity contribution in [3.8, 4) is 0 Å². The lowest BCUT2D eigenvalue weighted by molar-refractivity contribution is -0.139. The zero-order valence-electron chi connectivity index (χ0n) is 14.0. The second-order valence-corrected chi connectivity index (χ2v) is 6.77. The summed E-state index contributed by atoms with van der Waals surface area (Å²) in [5.74, 6) is -0.347. The van der Waals surface area contributed by atoms with E-state index < -0.39 is 12.0 Å². The molecule has 24 heavy (non-hydrogen) atoms. The molecule has 0 saturated carbocycles. The molecule has 1 atom stereocenters. The van der Waals surface area contributed by atoms with Crippen molar-refractivity contribution >= 4 is 11.9 Å². The number of aliphatic carboxylic acids is 1. The number of aryl methyl sites for hydroxylation is 1. The molecule has 3 heterocycles. The number of amides is 1. The number of piperidine rings is 1. The van der Waals surface area contributed by atoms with E-state index in [-0.39, 0.29) is 11.3 Å². The number of carboxylic acids is 1. The highest BCUT2D eigenvalue weighted by Gasteiger charge is 2.44. The van der Waals surface area contributed by atoms with Crippen LogP contribution < -0.4 is 5.32 Å². The minimum atomic E-state index is -0.798. The molecule has 0 bridgehead atoms. The van der Waals surface area contributed by atoms with Crippen LogP contribution in [-0.4, -0.2) is 59.8 Å². The molecule has 2 N–H and O–H groups in total. The number of nitrogens with zero attached hydrogens (tertiary/aromatic N) is 2. The van der Waals surface area contributed by atoms with E-state index in [0.717, 1.165) is 12.8 Å². The Morgan fingerprint density at radius 3 is 2.75 bits per heavy atom. The first-order valence-electron chi connectivity index (χ1n) is 8.15. The zero-order chi connectivity index (χ0) is 17.3. The normalized spacial score (nSPS) is 22.9. The van der Waals surface area contributed by atoms with Gasteiger partial charge in [0.1, 0.15) is 11.8 Å². The van der Waals surface area contributed by atoms with Crippen molar-refractivity contribution in [1.82, 2.24) is 15.4 Å². The van der Waals surface area contributed by atoms with Gasteiger partial charge in [-0.15, -0.1) is 0 Å². The van der Waals surface area contributed by atoms with Crippen LogP contribution in [0.2, 0.25) is 0 Å². The van der Waals surface area contributed by atoms with Gasteiger partial charge < -0.3 is 24.6 Å². The summed E-state index contributed by atoms with van der Waals surface area (Å²) < 4.78 is 10.3. The molecule has 2 aliphatic rings. The van der Waals surface area contributed by atoms with Crippen molar-refractivity contribution in [3.05, 3.63) is 17.0 Å². The van der Waals surface area contributed by atoms with E-state index in [2.05, 4.69) is 10.5 Å². The second-order valence-electron chi connectivity index (χ2n) is 6.77. The first-order chi connectivity index (χ1) is 11.5. The van der Waals surface area contributed by atoms with Crippen molar-refractivity contribution in [2.75, 3.05) is 26.7 Å². The summed E-state index contributed by atoms with van der Waals surface area (Å²) in [5, 5.41) is 16.1. The lowest BCUT2D eigenvalue weighted by Gasteiger charge is -2.38. The van der Waals surface area contributed by atoms with Crippen LogP contribution in [0.4, 0.5) is 0 Å². The number of methoxy groups -OCH3 is 1. The monoisotopic (exact) mass is 337 g/mol. The summed E-state index contributed by atoms with van der Waals surface area (Å²) in [6.45, 7) is 3.96. The molecule has 132 valence electrons. The molecular weight excluding hydrogens is 314 g/mol. The average Bonchev–Trinajstić information content (AvgIpc) is 3.13. The number of hydrogen-bond acceptors (Lipinski definition) is 6. The Labute approximate surface area is 140 Å². The third-order valence-electron chi connectivity index (χ3n) is 5.25. The van der Waals surface area contributed by atoms with Gasteiger partial charge in [-0.2, -0.15) is 0 Å². The number of carbonyl (C=O) groups is 2. The fraction of sp³-hybridized carbons (Fsp3) is 0.688. The first-order valence-corrected chi connectivity index (χ1v) is 8.15. The fourth-order valence-corrected chi connectivity index (χ4v) is 3.68. The SMILES string of the molecule is COCc1c(C(=O)N2CCC3(CC2)CNC(C(=O)O)C3)noc1C. The maximum atomic E-state index is 12.7. The van der Waals surface area contributed by atoms with E-state index >= 15 is 0 Å². The molecule has 1 unspecified atom stereocenters. The van der Waals surface area contributed by atoms with Crippen molar-refractivity contribution in [2.45, 2.75) is 38.8 Å². The van der Waals surface area contributed by atoms with Gasteiger partial charge in [-0.1, -0.05) is 5.16 Å². The quantitative estimate of drug-likeness (QED) is 0.837. The van der Waals surface area contributed by atoms with Crippen LogP contribution in [-0.2, 0) is 16.1 Å². The molecule has 3 rings (SSSR count). The molecule has 2 saturated heterocycles. The van der Waals surface area contributed by atoms with Crippen molar-refractivity contribution < 1.29 is 24.0 Å². The summed E-state index contributed by atoms with van der Waals surface area (Å²) in [6, 6.07) is -0.473. The van der Waals surface area contributed by atoms with Crippen LogP contribution in [0.15, 0.2) is 4.52 Å². The van der Waals surface area contributed by atoms with Gasteiger partial charge in [-0.3, -0.25) is 9.59 Å². The third kappa shape index (κ3) is 3.03. The molecule has 2 fully saturated rings. The maximum Gasteiger partial charge on any atom is 0.320 e. The van der Waals surface area contributed by atoms with Gasteiger partial charge in [-0.25, -0.2) is 0 Å². The van der Waals surface area contributed by atoms with Gasteiger partial charge in [0.25, 0.3) is 5.91 Å². The predicted molar refractivity (Wildman–Crippen MR) is 83.6 cm³/mol. The Kier molecular flexibility index (Phi) is 4.60. The van der Waals surface area contributed by atoms with Crippen LogP contribution in [0.1, 0.15) is 41.1 Å². The summed E-state index contributed by atoms with van der Waals surface area (Å²) in [5.41, 5.74) is 0.990. The number of hydrogen-bond donors (Lipinski definition) is 2. The van der Waals surface area contributed by atoms with E-state index in [1.165, 1.54) is 0 Å². The number of carbonyl (C=O) groups excluding carboxylic acids is 1. The van der Waals surface area contributed by atoms with Gasteiger partial charge in [0, 0.05) is 26.7 Å². The molecule has 1 amide bonds. The number of rotatable bonds is 4. The van der Waals surface area contributed by atoms with Crippen LogP contribution in [0, 0.1) is 12.3 Å². The smallest absolute Gasteiger partial charge is 0.320 e. The Balaban J connectivity index is 1.65. The summed E-state index contributed by atoms with van der Waals surface area (Å²) in [4.78, 5) is 25.6. The fourth-order valence-electron chi connectivity index (χ4n) is 3.68. The minimum Gasteiger partial charge on any atom is -0.480 e. The second kappa shape index (κ2) is 6.52. The molecule has 8 nitrogen and oxygen atoms in total. The Bertz CT molecular complexity index is 634. The largest absolute Gasteiger partial charge is 0.480 e. The maximum absolute atomic E-state index is 12.7. The number of carboxylic acid groups (broad SMARTS) is 1. The minimum absolute atomic E-state index is 0.0189. The number of ether oxygens (including phenoxy) is 1.